The van der Waals surface area contributed by atoms with E-state index in [0.29, 0.717) is 32.2 Å². The standard InChI is InChI=1S/C11H25N3O3S/c1-11(2,9-17-3)13-18(15,16)14-6-4-10(8-12)5-7-14/h10,13H,4-9,12H2,1-3H3. The van der Waals surface area contributed by atoms with E-state index in [1.165, 1.54) is 4.31 Å². The Hall–Kier alpha value is -0.210. The fourth-order valence-corrected chi connectivity index (χ4v) is 3.77. The molecule has 1 heterocycles. The molecule has 0 spiro atoms. The van der Waals surface area contributed by atoms with Crippen molar-refractivity contribution in [3.63, 3.8) is 0 Å². The fraction of sp³-hybridized carbons (Fsp3) is 1.00. The number of nitrogens with zero attached hydrogens (tertiary/aromatic N) is 1. The summed E-state index contributed by atoms with van der Waals surface area (Å²) < 4.78 is 33.6. The summed E-state index contributed by atoms with van der Waals surface area (Å²) in [4.78, 5) is 0. The molecule has 6 nitrogen and oxygen atoms in total. The molecule has 0 aromatic heterocycles. The Morgan fingerprint density at radius 1 is 1.39 bits per heavy atom. The van der Waals surface area contributed by atoms with Crippen LogP contribution in [0.5, 0.6) is 0 Å². The topological polar surface area (TPSA) is 84.7 Å². The van der Waals surface area contributed by atoms with Gasteiger partial charge in [0.1, 0.15) is 0 Å². The van der Waals surface area contributed by atoms with Crippen LogP contribution in [0, 0.1) is 5.92 Å². The van der Waals surface area contributed by atoms with Crippen molar-refractivity contribution in [1.82, 2.24) is 9.03 Å². The SMILES string of the molecule is COCC(C)(C)NS(=O)(=O)N1CCC(CN)CC1. The summed E-state index contributed by atoms with van der Waals surface area (Å²) in [6.07, 6.45) is 1.67. The van der Waals surface area contributed by atoms with Crippen LogP contribution in [0.3, 0.4) is 0 Å². The number of methoxy groups -OCH3 is 1. The van der Waals surface area contributed by atoms with E-state index in [-0.39, 0.29) is 0 Å². The molecule has 108 valence electrons. The predicted octanol–water partition coefficient (Wildman–Crippen LogP) is -0.0835. The van der Waals surface area contributed by atoms with Crippen molar-refractivity contribution in [2.24, 2.45) is 11.7 Å². The summed E-state index contributed by atoms with van der Waals surface area (Å²) in [7, 11) is -1.87. The van der Waals surface area contributed by atoms with Crippen molar-refractivity contribution in [1.29, 1.82) is 0 Å². The average Bonchev–Trinajstić information content (AvgIpc) is 2.27. The highest BCUT2D eigenvalue weighted by atomic mass is 32.2. The first-order valence-electron chi connectivity index (χ1n) is 6.29. The molecule has 0 aliphatic carbocycles. The van der Waals surface area contributed by atoms with Crippen molar-refractivity contribution in [2.75, 3.05) is 33.4 Å². The summed E-state index contributed by atoms with van der Waals surface area (Å²) in [6.45, 7) is 5.67. The molecule has 0 radical (unpaired) electrons. The van der Waals surface area contributed by atoms with Gasteiger partial charge in [0.05, 0.1) is 12.1 Å². The molecule has 1 aliphatic heterocycles. The number of rotatable bonds is 6. The zero-order valence-electron chi connectivity index (χ0n) is 11.5. The third kappa shape index (κ3) is 4.47. The van der Waals surface area contributed by atoms with Crippen LogP contribution in [-0.4, -0.2) is 51.6 Å². The number of hydrogen-bond donors (Lipinski definition) is 2. The molecular formula is C11H25N3O3S. The third-order valence-electron chi connectivity index (χ3n) is 3.16. The van der Waals surface area contributed by atoms with Crippen LogP contribution >= 0.6 is 0 Å². The number of hydrogen-bond acceptors (Lipinski definition) is 4. The van der Waals surface area contributed by atoms with Crippen molar-refractivity contribution in [2.45, 2.75) is 32.2 Å². The Labute approximate surface area is 110 Å². The van der Waals surface area contributed by atoms with E-state index in [9.17, 15) is 8.42 Å². The van der Waals surface area contributed by atoms with Gasteiger partial charge in [0.15, 0.2) is 0 Å². The van der Waals surface area contributed by atoms with Gasteiger partial charge in [0, 0.05) is 20.2 Å². The molecule has 0 aromatic rings. The second kappa shape index (κ2) is 6.29. The van der Waals surface area contributed by atoms with Gasteiger partial charge in [-0.1, -0.05) is 0 Å². The summed E-state index contributed by atoms with van der Waals surface area (Å²) in [6, 6.07) is 0. The van der Waals surface area contributed by atoms with Gasteiger partial charge >= 0.3 is 0 Å². The van der Waals surface area contributed by atoms with E-state index < -0.39 is 15.7 Å². The molecule has 18 heavy (non-hydrogen) atoms. The third-order valence-corrected chi connectivity index (χ3v) is 5.01. The second-order valence-electron chi connectivity index (χ2n) is 5.50. The van der Waals surface area contributed by atoms with Gasteiger partial charge in [-0.25, -0.2) is 0 Å². The van der Waals surface area contributed by atoms with Gasteiger partial charge in [-0.05, 0) is 39.2 Å². The zero-order chi connectivity index (χ0) is 13.8. The summed E-state index contributed by atoms with van der Waals surface area (Å²) in [5.41, 5.74) is 5.00. The van der Waals surface area contributed by atoms with Gasteiger partial charge in [0.2, 0.25) is 0 Å². The quantitative estimate of drug-likeness (QED) is 0.712. The lowest BCUT2D eigenvalue weighted by Crippen LogP contribution is -2.54. The predicted molar refractivity (Wildman–Crippen MR) is 71.4 cm³/mol. The number of piperidine rings is 1. The highest BCUT2D eigenvalue weighted by Gasteiger charge is 2.32. The molecule has 0 amide bonds. The maximum absolute atomic E-state index is 12.2. The Morgan fingerprint density at radius 2 is 1.94 bits per heavy atom. The molecule has 7 heteroatoms. The lowest BCUT2D eigenvalue weighted by atomic mass is 9.99. The highest BCUT2D eigenvalue weighted by Crippen LogP contribution is 2.19. The lowest BCUT2D eigenvalue weighted by Gasteiger charge is -2.34. The summed E-state index contributed by atoms with van der Waals surface area (Å²) in [5, 5.41) is 0. The van der Waals surface area contributed by atoms with Crippen molar-refractivity contribution in [3.8, 4) is 0 Å². The molecule has 0 atom stereocenters. The van der Waals surface area contributed by atoms with Crippen molar-refractivity contribution < 1.29 is 13.2 Å². The van der Waals surface area contributed by atoms with Crippen LogP contribution in [-0.2, 0) is 14.9 Å². The van der Waals surface area contributed by atoms with Crippen LogP contribution in [0.1, 0.15) is 26.7 Å². The Bertz CT molecular complexity index is 349. The number of ether oxygens (including phenoxy) is 1. The highest BCUT2D eigenvalue weighted by molar-refractivity contribution is 7.87. The van der Waals surface area contributed by atoms with E-state index in [1.807, 2.05) is 0 Å². The minimum absolute atomic E-state index is 0.339. The van der Waals surface area contributed by atoms with E-state index in [2.05, 4.69) is 4.72 Å². The Kier molecular flexibility index (Phi) is 5.54. The molecule has 1 rings (SSSR count). The smallest absolute Gasteiger partial charge is 0.280 e. The molecule has 0 bridgehead atoms. The number of nitrogens with two attached hydrogens (primary N) is 1. The van der Waals surface area contributed by atoms with Gasteiger partial charge in [0.25, 0.3) is 10.2 Å². The van der Waals surface area contributed by atoms with E-state index >= 15 is 0 Å². The Morgan fingerprint density at radius 3 is 2.39 bits per heavy atom. The van der Waals surface area contributed by atoms with Gasteiger partial charge < -0.3 is 10.5 Å². The van der Waals surface area contributed by atoms with Crippen molar-refractivity contribution in [3.05, 3.63) is 0 Å². The molecular weight excluding hydrogens is 254 g/mol. The molecule has 1 aliphatic rings. The minimum atomic E-state index is -3.43. The first-order chi connectivity index (χ1) is 8.30. The van der Waals surface area contributed by atoms with Crippen LogP contribution in [0.15, 0.2) is 0 Å². The molecule has 1 saturated heterocycles. The molecule has 0 aromatic carbocycles. The van der Waals surface area contributed by atoms with Crippen molar-refractivity contribution >= 4 is 10.2 Å². The molecule has 3 N–H and O–H groups in total. The van der Waals surface area contributed by atoms with Crippen LogP contribution in [0.25, 0.3) is 0 Å². The van der Waals surface area contributed by atoms with Gasteiger partial charge in [-0.2, -0.15) is 17.4 Å². The Balaban J connectivity index is 2.59. The van der Waals surface area contributed by atoms with Gasteiger partial charge in [-0.3, -0.25) is 0 Å². The zero-order valence-corrected chi connectivity index (χ0v) is 12.3. The molecule has 0 saturated carbocycles. The van der Waals surface area contributed by atoms with Crippen LogP contribution < -0.4 is 10.5 Å². The monoisotopic (exact) mass is 279 g/mol. The van der Waals surface area contributed by atoms with Crippen LogP contribution in [0.4, 0.5) is 0 Å². The van der Waals surface area contributed by atoms with E-state index in [4.69, 9.17) is 10.5 Å². The maximum Gasteiger partial charge on any atom is 0.280 e. The lowest BCUT2D eigenvalue weighted by molar-refractivity contribution is 0.139. The first kappa shape index (κ1) is 15.8. The molecule has 1 fully saturated rings. The summed E-state index contributed by atoms with van der Waals surface area (Å²) in [5.74, 6) is 0.448. The normalized spacial score (nSPS) is 20.2. The molecule has 0 unspecified atom stereocenters. The average molecular weight is 279 g/mol. The second-order valence-corrected chi connectivity index (χ2v) is 7.17. The number of nitrogens with one attached hydrogen (secondary N) is 1. The van der Waals surface area contributed by atoms with Gasteiger partial charge in [-0.15, -0.1) is 0 Å². The maximum atomic E-state index is 12.2. The largest absolute Gasteiger partial charge is 0.383 e. The van der Waals surface area contributed by atoms with Crippen LogP contribution in [0.2, 0.25) is 0 Å². The minimum Gasteiger partial charge on any atom is -0.383 e. The van der Waals surface area contributed by atoms with E-state index in [0.717, 1.165) is 12.8 Å². The fourth-order valence-electron chi connectivity index (χ4n) is 2.19. The first-order valence-corrected chi connectivity index (χ1v) is 7.73. The summed E-state index contributed by atoms with van der Waals surface area (Å²) >= 11 is 0. The van der Waals surface area contributed by atoms with E-state index in [1.54, 1.807) is 21.0 Å².